The molecule has 0 unspecified atom stereocenters. The highest BCUT2D eigenvalue weighted by molar-refractivity contribution is 7.89. The van der Waals surface area contributed by atoms with Gasteiger partial charge in [0.2, 0.25) is 21.6 Å². The van der Waals surface area contributed by atoms with Crippen molar-refractivity contribution < 1.29 is 26.3 Å². The Morgan fingerprint density at radius 1 is 1.26 bits per heavy atom. The topological polar surface area (TPSA) is 112 Å². The van der Waals surface area contributed by atoms with Crippen LogP contribution in [0.15, 0.2) is 45.5 Å². The summed E-state index contributed by atoms with van der Waals surface area (Å²) >= 11 is 0. The summed E-state index contributed by atoms with van der Waals surface area (Å²) < 4.78 is 68.0. The van der Waals surface area contributed by atoms with Crippen LogP contribution in [0.5, 0.6) is 5.88 Å². The van der Waals surface area contributed by atoms with Gasteiger partial charge in [-0.25, -0.2) is 18.2 Å². The molecule has 0 amide bonds. The van der Waals surface area contributed by atoms with Crippen LogP contribution in [0.2, 0.25) is 0 Å². The summed E-state index contributed by atoms with van der Waals surface area (Å²) in [6.07, 6.45) is 0.653. The highest BCUT2D eigenvalue weighted by atomic mass is 32.2. The first-order valence-corrected chi connectivity index (χ1v) is 8.90. The third kappa shape index (κ3) is 4.09. The van der Waals surface area contributed by atoms with Gasteiger partial charge < -0.3 is 4.74 Å². The molecule has 1 aliphatic rings. The Hall–Kier alpha value is -2.91. The lowest BCUT2D eigenvalue weighted by Crippen LogP contribution is -2.21. The number of primary sulfonamides is 1. The zero-order valence-electron chi connectivity index (χ0n) is 13.5. The number of rotatable bonds is 6. The first-order valence-electron chi connectivity index (χ1n) is 7.35. The van der Waals surface area contributed by atoms with E-state index in [9.17, 15) is 21.6 Å². The number of hydrogen-bond donors (Lipinski definition) is 1. The van der Waals surface area contributed by atoms with E-state index in [1.807, 2.05) is 0 Å². The van der Waals surface area contributed by atoms with Crippen molar-refractivity contribution in [3.63, 3.8) is 0 Å². The average Bonchev–Trinajstić information content (AvgIpc) is 3.19. The highest BCUT2D eigenvalue weighted by Crippen LogP contribution is 2.35. The summed E-state index contributed by atoms with van der Waals surface area (Å²) in [5, 5.41) is 16.0. The maximum absolute atomic E-state index is 13.0. The molecule has 2 N–H and O–H groups in total. The molecule has 2 aromatic rings. The molecule has 12 heteroatoms. The zero-order valence-corrected chi connectivity index (χ0v) is 14.3. The van der Waals surface area contributed by atoms with Crippen LogP contribution < -0.4 is 9.88 Å². The molecule has 1 aliphatic heterocycles. The number of terminal acetylenes is 1. The summed E-state index contributed by atoms with van der Waals surface area (Å²) in [4.78, 5) is -0.194. The number of sulfonamides is 1. The predicted octanol–water partition coefficient (Wildman–Crippen LogP) is 2.10. The fourth-order valence-electron chi connectivity index (χ4n) is 2.17. The maximum Gasteiger partial charge on any atom is 0.435 e. The third-order valence-electron chi connectivity index (χ3n) is 3.60. The van der Waals surface area contributed by atoms with Gasteiger partial charge in [-0.15, -0.1) is 12.3 Å². The molecule has 3 rings (SSSR count). The quantitative estimate of drug-likeness (QED) is 0.750. The second-order valence-electron chi connectivity index (χ2n) is 5.67. The second kappa shape index (κ2) is 6.36. The Balaban J connectivity index is 1.93. The van der Waals surface area contributed by atoms with Gasteiger partial charge in [0, 0.05) is 6.07 Å². The molecule has 0 radical (unpaired) electrons. The Morgan fingerprint density at radius 2 is 1.89 bits per heavy atom. The highest BCUT2D eigenvalue weighted by Gasteiger charge is 2.41. The number of ether oxygens (including phenoxy) is 1. The van der Waals surface area contributed by atoms with E-state index in [1.54, 1.807) is 0 Å². The average molecular weight is 399 g/mol. The minimum atomic E-state index is -4.70. The van der Waals surface area contributed by atoms with E-state index in [-0.39, 0.29) is 29.5 Å². The van der Waals surface area contributed by atoms with E-state index in [2.05, 4.69) is 21.2 Å². The standard InChI is InChI=1S/C15H12F3N5O3S/c1-2-7-14(21-22-14)9-26-13-8-12(15(16,17)18)20-23(13)10-3-5-11(6-4-10)27(19,24)25/h1,3-6,8H,7,9H2,(H2,19,24,25). The van der Waals surface area contributed by atoms with E-state index < -0.39 is 27.6 Å². The van der Waals surface area contributed by atoms with E-state index in [1.165, 1.54) is 12.1 Å². The molecule has 0 saturated heterocycles. The first-order chi connectivity index (χ1) is 12.5. The molecule has 142 valence electrons. The zero-order chi connectivity index (χ0) is 19.9. The number of halogens is 3. The van der Waals surface area contributed by atoms with E-state index in [4.69, 9.17) is 16.3 Å². The first kappa shape index (κ1) is 18.9. The smallest absolute Gasteiger partial charge is 0.435 e. The van der Waals surface area contributed by atoms with Gasteiger partial charge in [0.15, 0.2) is 5.69 Å². The molecule has 0 saturated carbocycles. The van der Waals surface area contributed by atoms with Crippen LogP contribution in [0, 0.1) is 12.3 Å². The molecule has 0 atom stereocenters. The lowest BCUT2D eigenvalue weighted by Gasteiger charge is -2.11. The van der Waals surface area contributed by atoms with Crippen LogP contribution in [0.25, 0.3) is 5.69 Å². The van der Waals surface area contributed by atoms with Crippen molar-refractivity contribution in [1.29, 1.82) is 0 Å². The third-order valence-corrected chi connectivity index (χ3v) is 4.53. The summed E-state index contributed by atoms with van der Waals surface area (Å²) in [6, 6.07) is 5.52. The van der Waals surface area contributed by atoms with Crippen molar-refractivity contribution in [2.24, 2.45) is 15.4 Å². The Labute approximate surface area is 151 Å². The fraction of sp³-hybridized carbons (Fsp3) is 0.267. The van der Waals surface area contributed by atoms with Gasteiger partial charge in [-0.05, 0) is 24.3 Å². The minimum Gasteiger partial charge on any atom is -0.473 e. The Bertz CT molecular complexity index is 1030. The molecule has 2 heterocycles. The van der Waals surface area contributed by atoms with Crippen molar-refractivity contribution in [1.82, 2.24) is 9.78 Å². The monoisotopic (exact) mass is 399 g/mol. The van der Waals surface area contributed by atoms with Gasteiger partial charge in [-0.2, -0.15) is 28.5 Å². The van der Waals surface area contributed by atoms with Crippen LogP contribution in [-0.2, 0) is 16.2 Å². The van der Waals surface area contributed by atoms with Crippen molar-refractivity contribution in [3.05, 3.63) is 36.0 Å². The number of nitrogens with two attached hydrogens (primary N) is 1. The van der Waals surface area contributed by atoms with Crippen LogP contribution in [0.1, 0.15) is 12.1 Å². The fourth-order valence-corrected chi connectivity index (χ4v) is 2.69. The molecule has 0 aliphatic carbocycles. The number of aromatic nitrogens is 2. The number of nitrogens with zero attached hydrogens (tertiary/aromatic N) is 4. The number of benzene rings is 1. The molecular formula is C15H12F3N5O3S. The van der Waals surface area contributed by atoms with Gasteiger partial charge in [-0.3, -0.25) is 0 Å². The van der Waals surface area contributed by atoms with Crippen LogP contribution >= 0.6 is 0 Å². The van der Waals surface area contributed by atoms with Crippen LogP contribution in [-0.4, -0.2) is 30.5 Å². The summed E-state index contributed by atoms with van der Waals surface area (Å²) in [6.45, 7) is -0.157. The van der Waals surface area contributed by atoms with Gasteiger partial charge in [0.25, 0.3) is 0 Å². The molecule has 1 aromatic carbocycles. The molecular weight excluding hydrogens is 387 g/mol. The lowest BCUT2D eigenvalue weighted by atomic mass is 10.2. The number of hydrogen-bond acceptors (Lipinski definition) is 6. The molecule has 0 spiro atoms. The molecule has 1 aromatic heterocycles. The van der Waals surface area contributed by atoms with Crippen molar-refractivity contribution in [2.75, 3.05) is 6.61 Å². The van der Waals surface area contributed by atoms with Gasteiger partial charge in [0.1, 0.15) is 6.61 Å². The summed E-state index contributed by atoms with van der Waals surface area (Å²) in [5.41, 5.74) is -1.99. The van der Waals surface area contributed by atoms with E-state index in [0.717, 1.165) is 22.9 Å². The Morgan fingerprint density at radius 3 is 2.37 bits per heavy atom. The molecule has 8 nitrogen and oxygen atoms in total. The van der Waals surface area contributed by atoms with Crippen LogP contribution in [0.3, 0.4) is 0 Å². The van der Waals surface area contributed by atoms with Gasteiger partial charge >= 0.3 is 6.18 Å². The lowest BCUT2D eigenvalue weighted by molar-refractivity contribution is -0.141. The summed E-state index contributed by atoms with van der Waals surface area (Å²) in [7, 11) is -3.94. The SMILES string of the molecule is C#CCC1(COc2cc(C(F)(F)F)nn2-c2ccc(S(N)(=O)=O)cc2)N=N1. The molecule has 27 heavy (non-hydrogen) atoms. The normalized spacial score (nSPS) is 15.4. The number of alkyl halides is 3. The Kier molecular flexibility index (Phi) is 4.44. The van der Waals surface area contributed by atoms with Crippen molar-refractivity contribution >= 4 is 10.0 Å². The largest absolute Gasteiger partial charge is 0.473 e. The predicted molar refractivity (Wildman–Crippen MR) is 86.5 cm³/mol. The van der Waals surface area contributed by atoms with Crippen molar-refractivity contribution in [3.8, 4) is 23.9 Å². The molecule has 0 bridgehead atoms. The maximum atomic E-state index is 13.0. The van der Waals surface area contributed by atoms with Crippen LogP contribution in [0.4, 0.5) is 13.2 Å². The van der Waals surface area contributed by atoms with Gasteiger partial charge in [-0.1, -0.05) is 0 Å². The summed E-state index contributed by atoms with van der Waals surface area (Å²) in [5.74, 6) is 2.14. The second-order valence-corrected chi connectivity index (χ2v) is 7.23. The molecule has 0 fully saturated rings. The minimum absolute atomic E-state index is 0.142. The van der Waals surface area contributed by atoms with E-state index in [0.29, 0.717) is 0 Å². The van der Waals surface area contributed by atoms with Crippen molar-refractivity contribution in [2.45, 2.75) is 23.2 Å². The van der Waals surface area contributed by atoms with Gasteiger partial charge in [0.05, 0.1) is 17.0 Å². The van der Waals surface area contributed by atoms with E-state index >= 15 is 0 Å².